The molecule has 2 N–H and O–H groups in total. The van der Waals surface area contributed by atoms with Crippen LogP contribution in [-0.4, -0.2) is 80.6 Å². The van der Waals surface area contributed by atoms with Gasteiger partial charge in [0.15, 0.2) is 0 Å². The summed E-state index contributed by atoms with van der Waals surface area (Å²) in [6.45, 7) is 5.40. The molecule has 0 spiro atoms. The molecule has 0 bridgehead atoms. The molecule has 6 nitrogen and oxygen atoms in total. The maximum absolute atomic E-state index is 11.2. The van der Waals surface area contributed by atoms with Crippen molar-refractivity contribution in [3.05, 3.63) is 92.9 Å². The highest BCUT2D eigenvalue weighted by Gasteiger charge is 2.23. The first-order valence-electron chi connectivity index (χ1n) is 14.8. The van der Waals surface area contributed by atoms with E-state index in [0.29, 0.717) is 46.3 Å². The molecule has 1 saturated heterocycles. The molecule has 7 rings (SSSR count). The van der Waals surface area contributed by atoms with Crippen LogP contribution in [0.1, 0.15) is 0 Å². The Morgan fingerprint density at radius 3 is 1.00 bits per heavy atom. The van der Waals surface area contributed by atoms with Gasteiger partial charge in [0.2, 0.25) is 0 Å². The molecule has 6 aromatic rings. The Kier molecular flexibility index (Phi) is 8.46. The van der Waals surface area contributed by atoms with Crippen molar-refractivity contribution in [2.45, 2.75) is 25.3 Å². The minimum absolute atomic E-state index is 0.470. The van der Waals surface area contributed by atoms with Gasteiger partial charge in [-0.25, -0.2) is 0 Å². The molecule has 0 saturated carbocycles. The van der Waals surface area contributed by atoms with Crippen molar-refractivity contribution in [2.24, 2.45) is 0 Å². The lowest BCUT2D eigenvalue weighted by Gasteiger charge is -2.36. The van der Waals surface area contributed by atoms with E-state index in [9.17, 15) is 10.2 Å². The topological polar surface area (TPSA) is 56.8 Å². The van der Waals surface area contributed by atoms with E-state index in [0.717, 1.165) is 69.8 Å². The summed E-state index contributed by atoms with van der Waals surface area (Å²) in [5, 5.41) is 29.2. The first-order chi connectivity index (χ1) is 21.2. The van der Waals surface area contributed by atoms with Gasteiger partial charge in [-0.2, -0.15) is 0 Å². The molecule has 1 aliphatic heterocycles. The van der Waals surface area contributed by atoms with Crippen LogP contribution in [0.4, 0.5) is 0 Å². The number of β-amino-alcohol motifs (C(OH)–C–C–N with tert-alkyl or cyclic N) is 2. The Balaban J connectivity index is 0.983. The maximum atomic E-state index is 11.2. The fourth-order valence-electron chi connectivity index (χ4n) is 6.78. The predicted molar refractivity (Wildman–Crippen MR) is 184 cm³/mol. The van der Waals surface area contributed by atoms with Crippen molar-refractivity contribution >= 4 is 90.0 Å². The van der Waals surface area contributed by atoms with Crippen LogP contribution >= 0.6 is 46.4 Å². The van der Waals surface area contributed by atoms with Crippen LogP contribution in [-0.2, 0) is 13.1 Å². The number of halogens is 4. The quantitative estimate of drug-likeness (QED) is 0.176. The zero-order chi connectivity index (χ0) is 30.5. The third-order valence-electron chi connectivity index (χ3n) is 8.77. The van der Waals surface area contributed by atoms with E-state index in [1.165, 1.54) is 0 Å². The van der Waals surface area contributed by atoms with Crippen LogP contribution in [0.25, 0.3) is 43.6 Å². The predicted octanol–water partition coefficient (Wildman–Crippen LogP) is 7.56. The number of piperazine rings is 1. The summed E-state index contributed by atoms with van der Waals surface area (Å²) in [5.41, 5.74) is 4.11. The lowest BCUT2D eigenvalue weighted by Crippen LogP contribution is -2.50. The summed E-state index contributed by atoms with van der Waals surface area (Å²) in [4.78, 5) is 4.60. The Morgan fingerprint density at radius 1 is 0.455 bits per heavy atom. The van der Waals surface area contributed by atoms with E-state index in [4.69, 9.17) is 46.4 Å². The van der Waals surface area contributed by atoms with Crippen molar-refractivity contribution < 1.29 is 10.2 Å². The Labute approximate surface area is 275 Å². The van der Waals surface area contributed by atoms with Crippen molar-refractivity contribution in [3.63, 3.8) is 0 Å². The summed E-state index contributed by atoms with van der Waals surface area (Å²) in [6, 6.07) is 23.4. The van der Waals surface area contributed by atoms with Gasteiger partial charge in [-0.15, -0.1) is 0 Å². The molecule has 0 unspecified atom stereocenters. The average molecular weight is 670 g/mol. The molecule has 0 amide bonds. The summed E-state index contributed by atoms with van der Waals surface area (Å²) >= 11 is 25.2. The van der Waals surface area contributed by atoms with Crippen LogP contribution in [0.15, 0.2) is 72.8 Å². The van der Waals surface area contributed by atoms with E-state index in [-0.39, 0.29) is 0 Å². The van der Waals surface area contributed by atoms with Gasteiger partial charge in [-0.3, -0.25) is 9.80 Å². The Hall–Kier alpha value is -2.52. The van der Waals surface area contributed by atoms with Crippen molar-refractivity contribution in [1.29, 1.82) is 0 Å². The highest BCUT2D eigenvalue weighted by atomic mass is 35.5. The molecule has 3 heterocycles. The zero-order valence-corrected chi connectivity index (χ0v) is 27.0. The van der Waals surface area contributed by atoms with Crippen molar-refractivity contribution in [2.75, 3.05) is 39.3 Å². The van der Waals surface area contributed by atoms with E-state index in [2.05, 4.69) is 18.9 Å². The van der Waals surface area contributed by atoms with Gasteiger partial charge in [0.1, 0.15) is 0 Å². The van der Waals surface area contributed by atoms with Crippen LogP contribution < -0.4 is 0 Å². The molecule has 1 aliphatic rings. The SMILES string of the molecule is O[C@H](CN1CCN(C[C@H](O)Cn2c3ccc(Cl)cc3c3cc(Cl)ccc32)CC1)Cn1c2ccc(Cl)cc2c2cc(Cl)ccc21. The molecule has 2 atom stereocenters. The van der Waals surface area contributed by atoms with E-state index in [1.54, 1.807) is 0 Å². The first-order valence-corrected chi connectivity index (χ1v) is 16.3. The molecule has 0 aliphatic carbocycles. The van der Waals surface area contributed by atoms with Gasteiger partial charge in [0.25, 0.3) is 0 Å². The van der Waals surface area contributed by atoms with Crippen LogP contribution in [0.5, 0.6) is 0 Å². The smallest absolute Gasteiger partial charge is 0.0845 e. The maximum Gasteiger partial charge on any atom is 0.0845 e. The van der Waals surface area contributed by atoms with Gasteiger partial charge < -0.3 is 19.3 Å². The second kappa shape index (κ2) is 12.3. The minimum Gasteiger partial charge on any atom is -0.390 e. The van der Waals surface area contributed by atoms with E-state index in [1.807, 2.05) is 72.8 Å². The minimum atomic E-state index is -0.547. The molecule has 2 aromatic heterocycles. The van der Waals surface area contributed by atoms with Gasteiger partial charge in [0, 0.05) is 103 Å². The standard InChI is InChI=1S/C34H32Cl4N4O2/c35-21-1-5-31-27(13-21)28-14-22(36)2-6-32(28)41(31)19-25(43)17-39-9-11-40(12-10-39)18-26(44)20-42-33-7-3-23(37)15-29(33)30-16-24(38)4-8-34(30)42/h1-8,13-16,25-26,43-44H,9-12,17-20H2/t25-,26+. The Bertz CT molecular complexity index is 1730. The molecular formula is C34H32Cl4N4O2. The molecule has 1 fully saturated rings. The Morgan fingerprint density at radius 2 is 0.727 bits per heavy atom. The third-order valence-corrected chi connectivity index (χ3v) is 9.71. The first kappa shape index (κ1) is 30.2. The lowest BCUT2D eigenvalue weighted by atomic mass is 10.1. The summed E-state index contributed by atoms with van der Waals surface area (Å²) in [7, 11) is 0. The normalized spacial score (nSPS) is 16.5. The van der Waals surface area contributed by atoms with Crippen LogP contribution in [0, 0.1) is 0 Å². The second-order valence-electron chi connectivity index (χ2n) is 11.8. The van der Waals surface area contributed by atoms with E-state index < -0.39 is 12.2 Å². The molecule has 4 aromatic carbocycles. The molecule has 228 valence electrons. The van der Waals surface area contributed by atoms with E-state index >= 15 is 0 Å². The monoisotopic (exact) mass is 668 g/mol. The fourth-order valence-corrected chi connectivity index (χ4v) is 7.47. The summed E-state index contributed by atoms with van der Waals surface area (Å²) < 4.78 is 4.32. The number of aliphatic hydroxyl groups is 2. The van der Waals surface area contributed by atoms with Crippen LogP contribution in [0.2, 0.25) is 20.1 Å². The number of rotatable bonds is 8. The molecule has 0 radical (unpaired) electrons. The second-order valence-corrected chi connectivity index (χ2v) is 13.5. The summed E-state index contributed by atoms with van der Waals surface area (Å²) in [6.07, 6.45) is -1.09. The molecule has 44 heavy (non-hydrogen) atoms. The highest BCUT2D eigenvalue weighted by Crippen LogP contribution is 2.34. The van der Waals surface area contributed by atoms with Crippen molar-refractivity contribution in [3.8, 4) is 0 Å². The molecular weight excluding hydrogens is 638 g/mol. The number of hydrogen-bond donors (Lipinski definition) is 2. The number of hydrogen-bond acceptors (Lipinski definition) is 4. The number of aliphatic hydroxyl groups excluding tert-OH is 2. The zero-order valence-electron chi connectivity index (χ0n) is 23.9. The fraction of sp³-hybridized carbons (Fsp3) is 0.294. The number of benzene rings is 4. The number of fused-ring (bicyclic) bond motifs is 6. The van der Waals surface area contributed by atoms with Gasteiger partial charge in [-0.05, 0) is 72.8 Å². The van der Waals surface area contributed by atoms with Gasteiger partial charge in [0.05, 0.1) is 25.3 Å². The number of nitrogens with zero attached hydrogens (tertiary/aromatic N) is 4. The third kappa shape index (κ3) is 5.91. The van der Waals surface area contributed by atoms with Gasteiger partial charge >= 0.3 is 0 Å². The van der Waals surface area contributed by atoms with Crippen molar-refractivity contribution in [1.82, 2.24) is 18.9 Å². The van der Waals surface area contributed by atoms with Crippen LogP contribution in [0.3, 0.4) is 0 Å². The lowest BCUT2D eigenvalue weighted by molar-refractivity contribution is 0.0415. The summed E-state index contributed by atoms with van der Waals surface area (Å²) in [5.74, 6) is 0. The largest absolute Gasteiger partial charge is 0.390 e. The average Bonchev–Trinajstić information content (AvgIpc) is 3.44. The number of aromatic nitrogens is 2. The molecule has 10 heteroatoms. The van der Waals surface area contributed by atoms with Gasteiger partial charge in [-0.1, -0.05) is 46.4 Å². The highest BCUT2D eigenvalue weighted by molar-refractivity contribution is 6.34.